The van der Waals surface area contributed by atoms with Gasteiger partial charge in [0.05, 0.1) is 13.5 Å². The van der Waals surface area contributed by atoms with Crippen LogP contribution >= 0.6 is 0 Å². The molecule has 18 heavy (non-hydrogen) atoms. The summed E-state index contributed by atoms with van der Waals surface area (Å²) in [5, 5.41) is 11.2. The van der Waals surface area contributed by atoms with Crippen LogP contribution in [-0.4, -0.2) is 42.7 Å². The maximum atomic E-state index is 11.7. The quantitative estimate of drug-likeness (QED) is 0.834. The van der Waals surface area contributed by atoms with Crippen molar-refractivity contribution in [3.05, 3.63) is 24.3 Å². The third kappa shape index (κ3) is 4.32. The van der Waals surface area contributed by atoms with Crippen LogP contribution in [0.3, 0.4) is 0 Å². The molecule has 0 aliphatic carbocycles. The van der Waals surface area contributed by atoms with Gasteiger partial charge in [-0.25, -0.2) is 4.79 Å². The van der Waals surface area contributed by atoms with E-state index in [4.69, 9.17) is 9.84 Å². The van der Waals surface area contributed by atoms with Gasteiger partial charge >= 0.3 is 12.0 Å². The number of methoxy groups -OCH3 is 1. The van der Waals surface area contributed by atoms with E-state index in [-0.39, 0.29) is 19.0 Å². The van der Waals surface area contributed by atoms with Crippen LogP contribution in [0, 0.1) is 0 Å². The number of hydrogen-bond donors (Lipinski definition) is 2. The molecule has 0 saturated heterocycles. The van der Waals surface area contributed by atoms with Crippen molar-refractivity contribution in [1.82, 2.24) is 4.90 Å². The van der Waals surface area contributed by atoms with Gasteiger partial charge in [-0.3, -0.25) is 4.79 Å². The summed E-state index contributed by atoms with van der Waals surface area (Å²) in [7, 11) is 3.11. The van der Waals surface area contributed by atoms with Gasteiger partial charge in [0.2, 0.25) is 0 Å². The van der Waals surface area contributed by atoms with Gasteiger partial charge < -0.3 is 20.1 Å². The molecule has 0 aromatic heterocycles. The summed E-state index contributed by atoms with van der Waals surface area (Å²) >= 11 is 0. The van der Waals surface area contributed by atoms with E-state index in [2.05, 4.69) is 5.32 Å². The van der Waals surface area contributed by atoms with Gasteiger partial charge in [0.25, 0.3) is 0 Å². The maximum absolute atomic E-state index is 11.7. The topological polar surface area (TPSA) is 78.9 Å². The lowest BCUT2D eigenvalue weighted by Crippen LogP contribution is -2.33. The molecule has 0 spiro atoms. The van der Waals surface area contributed by atoms with Crippen LogP contribution in [0.1, 0.15) is 6.42 Å². The number of aliphatic carboxylic acids is 1. The lowest BCUT2D eigenvalue weighted by atomic mass is 10.3. The minimum Gasteiger partial charge on any atom is -0.497 e. The first-order valence-corrected chi connectivity index (χ1v) is 5.41. The SMILES string of the molecule is COc1ccc(NC(=O)N(C)CCC(=O)O)cc1. The minimum absolute atomic E-state index is 0.0769. The number of nitrogens with one attached hydrogen (secondary N) is 1. The van der Waals surface area contributed by atoms with Crippen LogP contribution in [-0.2, 0) is 4.79 Å². The zero-order chi connectivity index (χ0) is 13.5. The molecule has 0 atom stereocenters. The molecule has 6 heteroatoms. The largest absolute Gasteiger partial charge is 0.497 e. The number of carboxylic acids is 1. The summed E-state index contributed by atoms with van der Waals surface area (Å²) in [6.07, 6.45) is -0.0769. The second-order valence-electron chi connectivity index (χ2n) is 3.72. The van der Waals surface area contributed by atoms with E-state index in [1.165, 1.54) is 4.90 Å². The molecule has 1 aromatic rings. The molecule has 2 N–H and O–H groups in total. The number of carboxylic acid groups (broad SMARTS) is 1. The van der Waals surface area contributed by atoms with E-state index in [1.807, 2.05) is 0 Å². The van der Waals surface area contributed by atoms with Crippen molar-refractivity contribution in [3.63, 3.8) is 0 Å². The Labute approximate surface area is 105 Å². The Kier molecular flexibility index (Phi) is 4.98. The van der Waals surface area contributed by atoms with Crippen molar-refractivity contribution in [3.8, 4) is 5.75 Å². The molecule has 0 radical (unpaired) electrons. The highest BCUT2D eigenvalue weighted by atomic mass is 16.5. The van der Waals surface area contributed by atoms with Crippen LogP contribution in [0.15, 0.2) is 24.3 Å². The highest BCUT2D eigenvalue weighted by Crippen LogP contribution is 2.15. The molecule has 0 heterocycles. The van der Waals surface area contributed by atoms with Crippen LogP contribution in [0.25, 0.3) is 0 Å². The average molecular weight is 252 g/mol. The zero-order valence-electron chi connectivity index (χ0n) is 10.3. The van der Waals surface area contributed by atoms with Crippen LogP contribution < -0.4 is 10.1 Å². The van der Waals surface area contributed by atoms with Crippen molar-refractivity contribution in [2.75, 3.05) is 26.0 Å². The zero-order valence-corrected chi connectivity index (χ0v) is 10.3. The summed E-state index contributed by atoms with van der Waals surface area (Å²) in [6.45, 7) is 0.164. The van der Waals surface area contributed by atoms with Gasteiger partial charge in [-0.1, -0.05) is 0 Å². The Hall–Kier alpha value is -2.24. The van der Waals surface area contributed by atoms with Crippen LogP contribution in [0.5, 0.6) is 5.75 Å². The van der Waals surface area contributed by atoms with Crippen molar-refractivity contribution in [2.24, 2.45) is 0 Å². The molecule has 1 aromatic carbocycles. The van der Waals surface area contributed by atoms with E-state index in [9.17, 15) is 9.59 Å². The summed E-state index contributed by atoms with van der Waals surface area (Å²) in [5.41, 5.74) is 0.628. The molecule has 0 saturated carbocycles. The summed E-state index contributed by atoms with van der Waals surface area (Å²) in [6, 6.07) is 6.53. The fraction of sp³-hybridized carbons (Fsp3) is 0.333. The number of ether oxygens (including phenoxy) is 1. The number of urea groups is 1. The normalized spacial score (nSPS) is 9.67. The highest BCUT2D eigenvalue weighted by Gasteiger charge is 2.10. The van der Waals surface area contributed by atoms with Crippen molar-refractivity contribution in [2.45, 2.75) is 6.42 Å². The number of carbonyl (C=O) groups is 2. The first-order chi connectivity index (χ1) is 8.52. The first-order valence-electron chi connectivity index (χ1n) is 5.41. The first kappa shape index (κ1) is 13.8. The van der Waals surface area contributed by atoms with Crippen LogP contribution in [0.4, 0.5) is 10.5 Å². The second-order valence-corrected chi connectivity index (χ2v) is 3.72. The lowest BCUT2D eigenvalue weighted by molar-refractivity contribution is -0.137. The van der Waals surface area contributed by atoms with Crippen LogP contribution in [0.2, 0.25) is 0 Å². The number of nitrogens with zero attached hydrogens (tertiary/aromatic N) is 1. The fourth-order valence-corrected chi connectivity index (χ4v) is 1.26. The van der Waals surface area contributed by atoms with Crippen molar-refractivity contribution >= 4 is 17.7 Å². The molecule has 2 amide bonds. The molecule has 0 unspecified atom stereocenters. The minimum atomic E-state index is -0.931. The van der Waals surface area contributed by atoms with Gasteiger partial charge in [0, 0.05) is 19.3 Å². The molecule has 0 fully saturated rings. The van der Waals surface area contributed by atoms with Gasteiger partial charge in [0.1, 0.15) is 5.75 Å². The molecular weight excluding hydrogens is 236 g/mol. The maximum Gasteiger partial charge on any atom is 0.321 e. The highest BCUT2D eigenvalue weighted by molar-refractivity contribution is 5.89. The number of carbonyl (C=O) groups excluding carboxylic acids is 1. The number of rotatable bonds is 5. The summed E-state index contributed by atoms with van der Waals surface area (Å²) in [4.78, 5) is 23.4. The third-order valence-corrected chi connectivity index (χ3v) is 2.35. The van der Waals surface area contributed by atoms with Gasteiger partial charge in [-0.15, -0.1) is 0 Å². The molecule has 6 nitrogen and oxygen atoms in total. The third-order valence-electron chi connectivity index (χ3n) is 2.35. The Morgan fingerprint density at radius 1 is 1.33 bits per heavy atom. The van der Waals surface area contributed by atoms with E-state index >= 15 is 0 Å². The summed E-state index contributed by atoms with van der Waals surface area (Å²) < 4.78 is 5.00. The molecule has 98 valence electrons. The smallest absolute Gasteiger partial charge is 0.321 e. The van der Waals surface area contributed by atoms with E-state index < -0.39 is 5.97 Å². The number of benzene rings is 1. The monoisotopic (exact) mass is 252 g/mol. The average Bonchev–Trinajstić information content (AvgIpc) is 2.36. The van der Waals surface area contributed by atoms with Crippen molar-refractivity contribution in [1.29, 1.82) is 0 Å². The molecular formula is C12H16N2O4. The van der Waals surface area contributed by atoms with E-state index in [0.717, 1.165) is 0 Å². The number of anilines is 1. The van der Waals surface area contributed by atoms with E-state index in [0.29, 0.717) is 11.4 Å². The number of hydrogen-bond acceptors (Lipinski definition) is 3. The Morgan fingerprint density at radius 3 is 2.44 bits per heavy atom. The standard InChI is InChI=1S/C12H16N2O4/c1-14(8-7-11(15)16)12(17)13-9-3-5-10(18-2)6-4-9/h3-6H,7-8H2,1-2H3,(H,13,17)(H,15,16). The Balaban J connectivity index is 2.49. The predicted molar refractivity (Wildman–Crippen MR) is 66.9 cm³/mol. The molecule has 1 rings (SSSR count). The number of amides is 2. The van der Waals surface area contributed by atoms with Gasteiger partial charge in [-0.05, 0) is 24.3 Å². The fourth-order valence-electron chi connectivity index (χ4n) is 1.26. The van der Waals surface area contributed by atoms with Gasteiger partial charge in [0.15, 0.2) is 0 Å². The predicted octanol–water partition coefficient (Wildman–Crippen LogP) is 1.63. The molecule has 0 aliphatic heterocycles. The van der Waals surface area contributed by atoms with Gasteiger partial charge in [-0.2, -0.15) is 0 Å². The lowest BCUT2D eigenvalue weighted by Gasteiger charge is -2.16. The Bertz CT molecular complexity index is 417. The summed E-state index contributed by atoms with van der Waals surface area (Å²) in [5.74, 6) is -0.230. The van der Waals surface area contributed by atoms with E-state index in [1.54, 1.807) is 38.4 Å². The molecule has 0 aliphatic rings. The van der Waals surface area contributed by atoms with Crippen molar-refractivity contribution < 1.29 is 19.4 Å². The Morgan fingerprint density at radius 2 is 1.94 bits per heavy atom. The second kappa shape index (κ2) is 6.48. The molecule has 0 bridgehead atoms.